The second-order valence-electron chi connectivity index (χ2n) is 5.72. The number of nitrogens with one attached hydrogen (secondary N) is 2. The summed E-state index contributed by atoms with van der Waals surface area (Å²) in [6.07, 6.45) is 5.67. The molecule has 2 rings (SSSR count). The molecule has 2 heterocycles. The van der Waals surface area contributed by atoms with E-state index in [-0.39, 0.29) is 5.54 Å². The number of fused-ring (bicyclic) bond motifs is 1. The molecule has 110 valence electrons. The Morgan fingerprint density at radius 2 is 2.05 bits per heavy atom. The van der Waals surface area contributed by atoms with E-state index in [4.69, 9.17) is 0 Å². The third kappa shape index (κ3) is 3.01. The average Bonchev–Trinajstić information content (AvgIpc) is 2.84. The van der Waals surface area contributed by atoms with E-state index < -0.39 is 0 Å². The molecule has 0 aliphatic carbocycles. The van der Waals surface area contributed by atoms with Crippen LogP contribution in [0.4, 0.5) is 11.6 Å². The molecule has 6 nitrogen and oxygen atoms in total. The Balaban J connectivity index is 2.26. The van der Waals surface area contributed by atoms with Crippen molar-refractivity contribution in [2.24, 2.45) is 0 Å². The van der Waals surface area contributed by atoms with Crippen LogP contribution in [0.15, 0.2) is 18.6 Å². The maximum atomic E-state index is 4.60. The number of aromatic nitrogens is 3. The first-order chi connectivity index (χ1) is 9.44. The highest BCUT2D eigenvalue weighted by atomic mass is 15.2. The fourth-order valence-corrected chi connectivity index (χ4v) is 1.77. The first kappa shape index (κ1) is 14.6. The van der Waals surface area contributed by atoms with Gasteiger partial charge in [0.2, 0.25) is 0 Å². The molecule has 6 heteroatoms. The first-order valence-electron chi connectivity index (χ1n) is 6.93. The number of rotatable bonds is 6. The SMILES string of the molecule is CCNc1cn2ccnc2c(NCC(C)(C)N(C)C)n1. The van der Waals surface area contributed by atoms with Crippen LogP contribution in [0.1, 0.15) is 20.8 Å². The van der Waals surface area contributed by atoms with Gasteiger partial charge in [0, 0.05) is 31.0 Å². The molecule has 0 saturated carbocycles. The lowest BCUT2D eigenvalue weighted by atomic mass is 10.0. The Hall–Kier alpha value is -1.82. The average molecular weight is 276 g/mol. The third-order valence-electron chi connectivity index (χ3n) is 3.63. The maximum Gasteiger partial charge on any atom is 0.180 e. The van der Waals surface area contributed by atoms with E-state index in [9.17, 15) is 0 Å². The summed E-state index contributed by atoms with van der Waals surface area (Å²) < 4.78 is 1.98. The Labute approximate surface area is 120 Å². The monoisotopic (exact) mass is 276 g/mol. The highest BCUT2D eigenvalue weighted by Crippen LogP contribution is 2.18. The van der Waals surface area contributed by atoms with Gasteiger partial charge in [-0.1, -0.05) is 0 Å². The molecule has 0 fully saturated rings. The molecular formula is C14H24N6. The van der Waals surface area contributed by atoms with Gasteiger partial charge in [-0.25, -0.2) is 9.97 Å². The molecule has 2 aromatic rings. The summed E-state index contributed by atoms with van der Waals surface area (Å²) in [6.45, 7) is 8.08. The van der Waals surface area contributed by atoms with Gasteiger partial charge in [-0.15, -0.1) is 0 Å². The quantitative estimate of drug-likeness (QED) is 0.844. The minimum atomic E-state index is 0.0411. The zero-order valence-electron chi connectivity index (χ0n) is 12.9. The molecule has 0 amide bonds. The van der Waals surface area contributed by atoms with Crippen LogP contribution in [-0.2, 0) is 0 Å². The topological polar surface area (TPSA) is 57.5 Å². The lowest BCUT2D eigenvalue weighted by Crippen LogP contribution is -2.44. The highest BCUT2D eigenvalue weighted by Gasteiger charge is 2.21. The molecule has 0 spiro atoms. The van der Waals surface area contributed by atoms with Gasteiger partial charge in [0.1, 0.15) is 5.82 Å². The lowest BCUT2D eigenvalue weighted by molar-refractivity contribution is 0.210. The molecule has 20 heavy (non-hydrogen) atoms. The van der Waals surface area contributed by atoms with E-state index in [1.807, 2.05) is 16.8 Å². The van der Waals surface area contributed by atoms with E-state index in [2.05, 4.69) is 60.4 Å². The van der Waals surface area contributed by atoms with Crippen LogP contribution in [0.25, 0.3) is 5.65 Å². The smallest absolute Gasteiger partial charge is 0.180 e. The minimum Gasteiger partial charge on any atom is -0.369 e. The largest absolute Gasteiger partial charge is 0.369 e. The van der Waals surface area contributed by atoms with Crippen LogP contribution in [0, 0.1) is 0 Å². The van der Waals surface area contributed by atoms with Crippen LogP contribution >= 0.6 is 0 Å². The van der Waals surface area contributed by atoms with Gasteiger partial charge < -0.3 is 19.9 Å². The fraction of sp³-hybridized carbons (Fsp3) is 0.571. The fourth-order valence-electron chi connectivity index (χ4n) is 1.77. The standard InChI is InChI=1S/C14H24N6/c1-6-15-11-9-20-8-7-16-13(20)12(18-11)17-10-14(2,3)19(4)5/h7-9,15H,6,10H2,1-5H3,(H,17,18). The predicted octanol–water partition coefficient (Wildman–Crippen LogP) is 1.91. The van der Waals surface area contributed by atoms with Crippen LogP contribution in [-0.4, -0.2) is 52.0 Å². The minimum absolute atomic E-state index is 0.0411. The lowest BCUT2D eigenvalue weighted by Gasteiger charge is -2.32. The summed E-state index contributed by atoms with van der Waals surface area (Å²) >= 11 is 0. The molecule has 0 atom stereocenters. The second-order valence-corrected chi connectivity index (χ2v) is 5.72. The van der Waals surface area contributed by atoms with E-state index in [1.54, 1.807) is 6.20 Å². The summed E-state index contributed by atoms with van der Waals surface area (Å²) in [5.74, 6) is 1.66. The predicted molar refractivity (Wildman–Crippen MR) is 83.4 cm³/mol. The van der Waals surface area contributed by atoms with Crippen molar-refractivity contribution in [1.29, 1.82) is 0 Å². The summed E-state index contributed by atoms with van der Waals surface area (Å²) in [7, 11) is 4.16. The molecule has 0 aliphatic rings. The molecule has 0 unspecified atom stereocenters. The Morgan fingerprint density at radius 3 is 2.70 bits per heavy atom. The summed E-state index contributed by atoms with van der Waals surface area (Å²) in [4.78, 5) is 11.2. The number of anilines is 2. The van der Waals surface area contributed by atoms with Crippen molar-refractivity contribution < 1.29 is 0 Å². The number of hydrogen-bond donors (Lipinski definition) is 2. The molecule has 0 bridgehead atoms. The van der Waals surface area contributed by atoms with E-state index >= 15 is 0 Å². The van der Waals surface area contributed by atoms with Crippen molar-refractivity contribution in [3.8, 4) is 0 Å². The van der Waals surface area contributed by atoms with Crippen molar-refractivity contribution in [1.82, 2.24) is 19.3 Å². The zero-order chi connectivity index (χ0) is 14.8. The van der Waals surface area contributed by atoms with E-state index in [0.717, 1.165) is 30.4 Å². The molecule has 0 saturated heterocycles. The Morgan fingerprint density at radius 1 is 1.30 bits per heavy atom. The molecule has 2 aromatic heterocycles. The van der Waals surface area contributed by atoms with Crippen molar-refractivity contribution in [3.63, 3.8) is 0 Å². The summed E-state index contributed by atoms with van der Waals surface area (Å²) in [5, 5.41) is 6.66. The number of likely N-dealkylation sites (N-methyl/N-ethyl adjacent to an activating group) is 1. The van der Waals surface area contributed by atoms with Crippen LogP contribution in [0.2, 0.25) is 0 Å². The van der Waals surface area contributed by atoms with Crippen molar-refractivity contribution in [2.45, 2.75) is 26.3 Å². The molecule has 0 radical (unpaired) electrons. The number of imidazole rings is 1. The highest BCUT2D eigenvalue weighted by molar-refractivity contribution is 5.65. The second kappa shape index (κ2) is 5.66. The molecular weight excluding hydrogens is 252 g/mol. The Bertz CT molecular complexity index is 572. The van der Waals surface area contributed by atoms with Gasteiger partial charge >= 0.3 is 0 Å². The first-order valence-corrected chi connectivity index (χ1v) is 6.93. The van der Waals surface area contributed by atoms with Crippen molar-refractivity contribution in [3.05, 3.63) is 18.6 Å². The zero-order valence-corrected chi connectivity index (χ0v) is 12.9. The molecule has 0 aromatic carbocycles. The van der Waals surface area contributed by atoms with E-state index in [0.29, 0.717) is 0 Å². The summed E-state index contributed by atoms with van der Waals surface area (Å²) in [5.41, 5.74) is 0.889. The normalized spacial score (nSPS) is 12.1. The van der Waals surface area contributed by atoms with Crippen LogP contribution < -0.4 is 10.6 Å². The third-order valence-corrected chi connectivity index (χ3v) is 3.63. The van der Waals surface area contributed by atoms with Gasteiger partial charge in [0.25, 0.3) is 0 Å². The number of nitrogens with zero attached hydrogens (tertiary/aromatic N) is 4. The Kier molecular flexibility index (Phi) is 4.13. The van der Waals surface area contributed by atoms with Crippen LogP contribution in [0.3, 0.4) is 0 Å². The summed E-state index contributed by atoms with van der Waals surface area (Å²) in [6, 6.07) is 0. The van der Waals surface area contributed by atoms with Gasteiger partial charge in [-0.3, -0.25) is 0 Å². The number of hydrogen-bond acceptors (Lipinski definition) is 5. The maximum absolute atomic E-state index is 4.60. The van der Waals surface area contributed by atoms with Crippen molar-refractivity contribution >= 4 is 17.3 Å². The van der Waals surface area contributed by atoms with Gasteiger partial charge in [0.15, 0.2) is 11.5 Å². The van der Waals surface area contributed by atoms with Crippen molar-refractivity contribution in [2.75, 3.05) is 37.8 Å². The van der Waals surface area contributed by atoms with E-state index in [1.165, 1.54) is 0 Å². The molecule has 2 N–H and O–H groups in total. The van der Waals surface area contributed by atoms with Gasteiger partial charge in [-0.2, -0.15) is 0 Å². The van der Waals surface area contributed by atoms with Gasteiger partial charge in [0.05, 0.1) is 6.20 Å². The van der Waals surface area contributed by atoms with Crippen LogP contribution in [0.5, 0.6) is 0 Å². The molecule has 0 aliphatic heterocycles. The van der Waals surface area contributed by atoms with Gasteiger partial charge in [-0.05, 0) is 34.9 Å².